The number of hydrogen-bond acceptors (Lipinski definition) is 6. The second kappa shape index (κ2) is 5.11. The van der Waals surface area contributed by atoms with Crippen molar-refractivity contribution >= 4 is 29.5 Å². The Morgan fingerprint density at radius 3 is 1.27 bits per heavy atom. The van der Waals surface area contributed by atoms with Crippen LogP contribution < -0.4 is 10.2 Å². The number of aliphatic hydroxyl groups excluding tert-OH is 2. The number of carboxylic acid groups (broad SMARTS) is 2. The van der Waals surface area contributed by atoms with E-state index in [-0.39, 0.29) is 17.6 Å². The molecule has 2 N–H and O–H groups in total. The maximum atomic E-state index is 9.63. The van der Waals surface area contributed by atoms with E-state index in [0.29, 0.717) is 0 Å². The van der Waals surface area contributed by atoms with Crippen molar-refractivity contribution in [1.29, 1.82) is 0 Å². The molecule has 11 heavy (non-hydrogen) atoms. The molecule has 0 saturated carbocycles. The normalized spacial score (nSPS) is 14.4. The molecule has 0 aliphatic rings. The molecular weight excluding hydrogens is 217 g/mol. The summed E-state index contributed by atoms with van der Waals surface area (Å²) in [4.78, 5) is 19.3. The van der Waals surface area contributed by atoms with E-state index in [4.69, 9.17) is 10.2 Å². The standard InChI is InChI=1S/C4H6O6.GeH2/c5-1(3(7)8)2(6)4(9)10;/h1-2,5-6H,(H,7,8)(H,9,10);1H2/q;+2/p-2. The van der Waals surface area contributed by atoms with Gasteiger partial charge in [-0.2, -0.15) is 0 Å². The van der Waals surface area contributed by atoms with E-state index in [1.807, 2.05) is 0 Å². The van der Waals surface area contributed by atoms with Crippen molar-refractivity contribution in [3.63, 3.8) is 0 Å². The summed E-state index contributed by atoms with van der Waals surface area (Å²) in [6.45, 7) is 0. The van der Waals surface area contributed by atoms with Gasteiger partial charge in [0.05, 0.1) is 11.9 Å². The third-order valence-electron chi connectivity index (χ3n) is 0.782. The molecule has 0 heterocycles. The summed E-state index contributed by atoms with van der Waals surface area (Å²) in [7, 11) is 0. The Kier molecular flexibility index (Phi) is 6.05. The Labute approximate surface area is 72.4 Å². The van der Waals surface area contributed by atoms with Crippen molar-refractivity contribution in [1.82, 2.24) is 0 Å². The van der Waals surface area contributed by atoms with Gasteiger partial charge in [-0.1, -0.05) is 0 Å². The van der Waals surface area contributed by atoms with Crippen molar-refractivity contribution in [2.45, 2.75) is 12.2 Å². The zero-order valence-corrected chi connectivity index (χ0v) is 8.36. The summed E-state index contributed by atoms with van der Waals surface area (Å²) in [5, 5.41) is 35.7. The fourth-order valence-electron chi connectivity index (χ4n) is 0.258. The molecule has 0 saturated heterocycles. The summed E-state index contributed by atoms with van der Waals surface area (Å²) in [5.74, 6) is -4.12. The van der Waals surface area contributed by atoms with E-state index < -0.39 is 24.1 Å². The van der Waals surface area contributed by atoms with Gasteiger partial charge in [-0.3, -0.25) is 0 Å². The van der Waals surface area contributed by atoms with E-state index in [9.17, 15) is 19.8 Å². The minimum atomic E-state index is -2.44. The monoisotopic (exact) mass is 224 g/mol. The van der Waals surface area contributed by atoms with Crippen LogP contribution in [0.1, 0.15) is 0 Å². The van der Waals surface area contributed by atoms with Crippen molar-refractivity contribution in [2.24, 2.45) is 0 Å². The average molecular weight is 223 g/mol. The van der Waals surface area contributed by atoms with Gasteiger partial charge in [-0.05, 0) is 0 Å². The van der Waals surface area contributed by atoms with Gasteiger partial charge in [0.1, 0.15) is 12.2 Å². The maximum absolute atomic E-state index is 9.63. The van der Waals surface area contributed by atoms with Crippen LogP contribution in [0.3, 0.4) is 0 Å². The first-order chi connectivity index (χ1) is 4.46. The van der Waals surface area contributed by atoms with E-state index in [1.165, 1.54) is 0 Å². The molecule has 0 aromatic carbocycles. The predicted octanol–water partition coefficient (Wildman–Crippen LogP) is -5.71. The molecule has 0 aromatic heterocycles. The molecule has 62 valence electrons. The molecule has 0 bridgehead atoms. The van der Waals surface area contributed by atoms with E-state index in [0.717, 1.165) is 0 Å². The first-order valence-electron chi connectivity index (χ1n) is 2.24. The van der Waals surface area contributed by atoms with Crippen LogP contribution in [0, 0.1) is 0 Å². The quantitative estimate of drug-likeness (QED) is 0.459. The number of hydrogen-bond donors (Lipinski definition) is 2. The number of carbonyl (C=O) groups is 2. The molecular formula is C4H6GeO6. The molecule has 2 unspecified atom stereocenters. The van der Waals surface area contributed by atoms with Gasteiger partial charge < -0.3 is 30.0 Å². The average Bonchev–Trinajstić information content (AvgIpc) is 1.84. The summed E-state index contributed by atoms with van der Waals surface area (Å²) >= 11 is 0. The van der Waals surface area contributed by atoms with Crippen LogP contribution in [0.4, 0.5) is 0 Å². The zero-order chi connectivity index (χ0) is 8.31. The van der Waals surface area contributed by atoms with E-state index in [1.54, 1.807) is 0 Å². The third kappa shape index (κ3) is 3.96. The van der Waals surface area contributed by atoms with Crippen LogP contribution in [0.5, 0.6) is 0 Å². The van der Waals surface area contributed by atoms with E-state index in [2.05, 4.69) is 0 Å². The number of rotatable bonds is 3. The fourth-order valence-corrected chi connectivity index (χ4v) is 0.258. The zero-order valence-electron chi connectivity index (χ0n) is 5.39. The van der Waals surface area contributed by atoms with Crippen molar-refractivity contribution < 1.29 is 30.0 Å². The van der Waals surface area contributed by atoms with Crippen LogP contribution in [0.15, 0.2) is 0 Å². The fraction of sp³-hybridized carbons (Fsp3) is 0.500. The molecule has 0 amide bonds. The second-order valence-corrected chi connectivity index (χ2v) is 1.53. The summed E-state index contributed by atoms with van der Waals surface area (Å²) < 4.78 is 0. The number of carbonyl (C=O) groups excluding carboxylic acids is 2. The molecule has 0 aliphatic heterocycles. The van der Waals surface area contributed by atoms with Crippen molar-refractivity contribution in [2.75, 3.05) is 0 Å². The van der Waals surface area contributed by atoms with Gasteiger partial charge in [0.2, 0.25) is 0 Å². The Balaban J connectivity index is 0. The first-order valence-corrected chi connectivity index (χ1v) is 2.24. The number of aliphatic carboxylic acids is 2. The van der Waals surface area contributed by atoms with Crippen LogP contribution in [-0.4, -0.2) is 52.0 Å². The summed E-state index contributed by atoms with van der Waals surface area (Å²) in [5.41, 5.74) is 0. The van der Waals surface area contributed by atoms with Gasteiger partial charge >= 0.3 is 17.6 Å². The molecule has 0 radical (unpaired) electrons. The van der Waals surface area contributed by atoms with Gasteiger partial charge in [0.15, 0.2) is 0 Å². The Bertz CT molecular complexity index is 139. The first kappa shape index (κ1) is 13.0. The SMILES string of the molecule is O=C([O-])C(O)C(O)C(=O)[O-].[GeH2+2]. The molecule has 0 fully saturated rings. The number of carboxylic acids is 2. The summed E-state index contributed by atoms with van der Waals surface area (Å²) in [6, 6.07) is 0. The van der Waals surface area contributed by atoms with Crippen LogP contribution in [0.25, 0.3) is 0 Å². The van der Waals surface area contributed by atoms with Crippen LogP contribution in [0.2, 0.25) is 0 Å². The summed E-state index contributed by atoms with van der Waals surface area (Å²) in [6.07, 6.45) is -4.88. The molecule has 2 atom stereocenters. The Hall–Kier alpha value is -0.597. The second-order valence-electron chi connectivity index (χ2n) is 1.53. The number of aliphatic hydroxyl groups is 2. The van der Waals surface area contributed by atoms with E-state index >= 15 is 0 Å². The Morgan fingerprint density at radius 1 is 1.00 bits per heavy atom. The molecule has 0 spiro atoms. The van der Waals surface area contributed by atoms with Crippen molar-refractivity contribution in [3.05, 3.63) is 0 Å². The van der Waals surface area contributed by atoms with Gasteiger partial charge in [-0.15, -0.1) is 0 Å². The van der Waals surface area contributed by atoms with Crippen LogP contribution in [-0.2, 0) is 9.59 Å². The van der Waals surface area contributed by atoms with Gasteiger partial charge in [0, 0.05) is 0 Å². The minimum absolute atomic E-state index is 0. The molecule has 6 nitrogen and oxygen atoms in total. The molecule has 7 heteroatoms. The van der Waals surface area contributed by atoms with Gasteiger partial charge in [-0.25, -0.2) is 0 Å². The third-order valence-corrected chi connectivity index (χ3v) is 0.782. The Morgan fingerprint density at radius 2 is 1.18 bits per heavy atom. The molecule has 0 aromatic rings. The van der Waals surface area contributed by atoms with Crippen LogP contribution >= 0.6 is 0 Å². The van der Waals surface area contributed by atoms with Gasteiger partial charge in [0.25, 0.3) is 0 Å². The molecule has 0 aliphatic carbocycles. The predicted molar refractivity (Wildman–Crippen MR) is 30.6 cm³/mol. The van der Waals surface area contributed by atoms with Crippen molar-refractivity contribution in [3.8, 4) is 0 Å². The topological polar surface area (TPSA) is 121 Å². The molecule has 0 rings (SSSR count).